The van der Waals surface area contributed by atoms with Gasteiger partial charge in [0, 0.05) is 18.7 Å². The van der Waals surface area contributed by atoms with Crippen LogP contribution < -0.4 is 9.64 Å². The standard InChI is InChI=1S/C22H24N2O4/c1-15-11-23(12-16(2)28-15)22(26)18-9-7-17(8-10-18)13-24-19-5-3-4-6-20(19)27-14-21(24)25/h3-10,15-16H,11-14H2,1-2H3. The average molecular weight is 380 g/mol. The number of para-hydroxylation sites is 2. The van der Waals surface area contributed by atoms with E-state index in [0.717, 1.165) is 11.3 Å². The molecular formula is C22H24N2O4. The quantitative estimate of drug-likeness (QED) is 0.822. The lowest BCUT2D eigenvalue weighted by Crippen LogP contribution is -2.48. The molecule has 0 radical (unpaired) electrons. The van der Waals surface area contributed by atoms with Gasteiger partial charge in [-0.1, -0.05) is 24.3 Å². The van der Waals surface area contributed by atoms with Crippen LogP contribution in [0.4, 0.5) is 5.69 Å². The molecule has 0 aromatic heterocycles. The lowest BCUT2D eigenvalue weighted by atomic mass is 10.1. The third-order valence-electron chi connectivity index (χ3n) is 5.06. The summed E-state index contributed by atoms with van der Waals surface area (Å²) in [6.45, 7) is 5.65. The van der Waals surface area contributed by atoms with E-state index in [1.807, 2.05) is 67.3 Å². The highest BCUT2D eigenvalue weighted by Gasteiger charge is 2.27. The van der Waals surface area contributed by atoms with Gasteiger partial charge in [0.1, 0.15) is 5.75 Å². The van der Waals surface area contributed by atoms with E-state index in [0.29, 0.717) is 30.9 Å². The van der Waals surface area contributed by atoms with Crippen molar-refractivity contribution in [2.45, 2.75) is 32.6 Å². The number of hydrogen-bond acceptors (Lipinski definition) is 4. The van der Waals surface area contributed by atoms with Crippen molar-refractivity contribution < 1.29 is 19.1 Å². The third-order valence-corrected chi connectivity index (χ3v) is 5.06. The molecule has 0 saturated carbocycles. The van der Waals surface area contributed by atoms with E-state index < -0.39 is 0 Å². The Bertz CT molecular complexity index is 870. The molecule has 2 aliphatic heterocycles. The molecule has 1 saturated heterocycles. The fourth-order valence-corrected chi connectivity index (χ4v) is 3.79. The minimum atomic E-state index is -0.0739. The number of fused-ring (bicyclic) bond motifs is 1. The molecule has 28 heavy (non-hydrogen) atoms. The van der Waals surface area contributed by atoms with Crippen molar-refractivity contribution in [2.75, 3.05) is 24.6 Å². The van der Waals surface area contributed by atoms with Crippen LogP contribution in [0.3, 0.4) is 0 Å². The Morgan fingerprint density at radius 2 is 1.71 bits per heavy atom. The summed E-state index contributed by atoms with van der Waals surface area (Å²) in [6, 6.07) is 15.0. The Morgan fingerprint density at radius 1 is 1.04 bits per heavy atom. The maximum atomic E-state index is 12.8. The van der Waals surface area contributed by atoms with Crippen LogP contribution in [0.25, 0.3) is 0 Å². The molecule has 2 aromatic rings. The predicted octanol–water partition coefficient (Wildman–Crippen LogP) is 2.86. The number of amides is 2. The van der Waals surface area contributed by atoms with E-state index in [1.54, 1.807) is 4.90 Å². The number of morpholine rings is 1. The van der Waals surface area contributed by atoms with Gasteiger partial charge in [-0.2, -0.15) is 0 Å². The summed E-state index contributed by atoms with van der Waals surface area (Å²) in [5.41, 5.74) is 2.39. The van der Waals surface area contributed by atoms with Crippen LogP contribution in [0.2, 0.25) is 0 Å². The lowest BCUT2D eigenvalue weighted by molar-refractivity contribution is -0.121. The maximum Gasteiger partial charge on any atom is 0.265 e. The van der Waals surface area contributed by atoms with Crippen molar-refractivity contribution in [1.29, 1.82) is 0 Å². The number of anilines is 1. The van der Waals surface area contributed by atoms with Gasteiger partial charge in [-0.15, -0.1) is 0 Å². The summed E-state index contributed by atoms with van der Waals surface area (Å²) < 4.78 is 11.2. The monoisotopic (exact) mass is 380 g/mol. The summed E-state index contributed by atoms with van der Waals surface area (Å²) in [5.74, 6) is 0.654. The zero-order valence-corrected chi connectivity index (χ0v) is 16.1. The van der Waals surface area contributed by atoms with Gasteiger partial charge in [-0.3, -0.25) is 9.59 Å². The molecule has 0 spiro atoms. The molecule has 0 N–H and O–H groups in total. The van der Waals surface area contributed by atoms with Crippen LogP contribution in [0.1, 0.15) is 29.8 Å². The number of benzene rings is 2. The summed E-state index contributed by atoms with van der Waals surface area (Å²) in [7, 11) is 0. The first-order chi connectivity index (χ1) is 13.5. The SMILES string of the molecule is CC1CN(C(=O)c2ccc(CN3C(=O)COc4ccccc43)cc2)CC(C)O1. The minimum Gasteiger partial charge on any atom is -0.482 e. The Labute approximate surface area is 164 Å². The minimum absolute atomic E-state index is 0.0151. The van der Waals surface area contributed by atoms with E-state index in [4.69, 9.17) is 9.47 Å². The van der Waals surface area contributed by atoms with E-state index in [1.165, 1.54) is 0 Å². The van der Waals surface area contributed by atoms with Gasteiger partial charge in [0.25, 0.3) is 11.8 Å². The smallest absolute Gasteiger partial charge is 0.265 e. The van der Waals surface area contributed by atoms with Gasteiger partial charge in [0.2, 0.25) is 0 Å². The zero-order chi connectivity index (χ0) is 19.7. The molecule has 146 valence electrons. The van der Waals surface area contributed by atoms with Gasteiger partial charge in [0.05, 0.1) is 24.4 Å². The average Bonchev–Trinajstić information content (AvgIpc) is 2.69. The molecule has 6 heteroatoms. The van der Waals surface area contributed by atoms with Crippen molar-refractivity contribution in [3.05, 3.63) is 59.7 Å². The predicted molar refractivity (Wildman–Crippen MR) is 105 cm³/mol. The Kier molecular flexibility index (Phi) is 5.05. The van der Waals surface area contributed by atoms with Crippen LogP contribution in [0.5, 0.6) is 5.75 Å². The first kappa shape index (κ1) is 18.5. The largest absolute Gasteiger partial charge is 0.482 e. The highest BCUT2D eigenvalue weighted by molar-refractivity contribution is 5.98. The van der Waals surface area contributed by atoms with E-state index in [9.17, 15) is 9.59 Å². The van der Waals surface area contributed by atoms with E-state index in [-0.39, 0.29) is 30.6 Å². The molecule has 2 aromatic carbocycles. The van der Waals surface area contributed by atoms with E-state index >= 15 is 0 Å². The molecule has 4 rings (SSSR count). The number of ether oxygens (including phenoxy) is 2. The van der Waals surface area contributed by atoms with Crippen molar-refractivity contribution in [1.82, 2.24) is 4.90 Å². The first-order valence-corrected chi connectivity index (χ1v) is 9.57. The summed E-state index contributed by atoms with van der Waals surface area (Å²) in [4.78, 5) is 28.7. The first-order valence-electron chi connectivity index (χ1n) is 9.57. The highest BCUT2D eigenvalue weighted by Crippen LogP contribution is 2.32. The Hall–Kier alpha value is -2.86. The fourth-order valence-electron chi connectivity index (χ4n) is 3.79. The number of carbonyl (C=O) groups excluding carboxylic acids is 2. The van der Waals surface area contributed by atoms with Crippen molar-refractivity contribution >= 4 is 17.5 Å². The van der Waals surface area contributed by atoms with Crippen LogP contribution in [-0.4, -0.2) is 48.6 Å². The zero-order valence-electron chi connectivity index (χ0n) is 16.1. The topological polar surface area (TPSA) is 59.1 Å². The summed E-state index contributed by atoms with van der Waals surface area (Å²) in [5, 5.41) is 0. The molecular weight excluding hydrogens is 356 g/mol. The van der Waals surface area contributed by atoms with Gasteiger partial charge in [0.15, 0.2) is 6.61 Å². The number of carbonyl (C=O) groups is 2. The fraction of sp³-hybridized carbons (Fsp3) is 0.364. The second-order valence-corrected chi connectivity index (χ2v) is 7.40. The highest BCUT2D eigenvalue weighted by atomic mass is 16.5. The second kappa shape index (κ2) is 7.64. The summed E-state index contributed by atoms with van der Waals surface area (Å²) >= 11 is 0. The number of hydrogen-bond donors (Lipinski definition) is 0. The lowest BCUT2D eigenvalue weighted by Gasteiger charge is -2.35. The van der Waals surface area contributed by atoms with Gasteiger partial charge >= 0.3 is 0 Å². The number of nitrogens with zero attached hydrogens (tertiary/aromatic N) is 2. The van der Waals surface area contributed by atoms with Gasteiger partial charge in [-0.05, 0) is 43.7 Å². The van der Waals surface area contributed by atoms with Crippen molar-refractivity contribution in [3.63, 3.8) is 0 Å². The van der Waals surface area contributed by atoms with Crippen LogP contribution in [0.15, 0.2) is 48.5 Å². The van der Waals surface area contributed by atoms with Gasteiger partial charge in [-0.25, -0.2) is 0 Å². The maximum absolute atomic E-state index is 12.8. The Morgan fingerprint density at radius 3 is 2.43 bits per heavy atom. The number of rotatable bonds is 3. The van der Waals surface area contributed by atoms with Crippen LogP contribution >= 0.6 is 0 Å². The molecule has 2 aliphatic rings. The van der Waals surface area contributed by atoms with Gasteiger partial charge < -0.3 is 19.3 Å². The summed E-state index contributed by atoms with van der Waals surface area (Å²) in [6.07, 6.45) is 0.0822. The molecule has 2 atom stereocenters. The van der Waals surface area contributed by atoms with Crippen LogP contribution in [-0.2, 0) is 16.1 Å². The second-order valence-electron chi connectivity index (χ2n) is 7.40. The molecule has 1 fully saturated rings. The third kappa shape index (κ3) is 3.73. The Balaban J connectivity index is 1.48. The molecule has 2 heterocycles. The normalized spacial score (nSPS) is 21.9. The molecule has 6 nitrogen and oxygen atoms in total. The van der Waals surface area contributed by atoms with Crippen molar-refractivity contribution in [3.8, 4) is 5.75 Å². The molecule has 2 unspecified atom stereocenters. The van der Waals surface area contributed by atoms with E-state index in [2.05, 4.69) is 0 Å². The molecule has 2 amide bonds. The van der Waals surface area contributed by atoms with Crippen LogP contribution in [0, 0.1) is 0 Å². The molecule has 0 aliphatic carbocycles. The van der Waals surface area contributed by atoms with Crippen molar-refractivity contribution in [2.24, 2.45) is 0 Å². The molecule has 0 bridgehead atoms.